The summed E-state index contributed by atoms with van der Waals surface area (Å²) in [5.41, 5.74) is 1.32. The minimum atomic E-state index is -3.48. The van der Waals surface area contributed by atoms with E-state index in [1.54, 1.807) is 29.4 Å². The standard InChI is InChI=1S/C16H21NO3S/c1-12-6-7-15(5-4-8-18)9-16(12)21(19,20)17-10-13(2)14(3)11-17/h6-7,9,13-14,18H,8,10-11H2,1-3H3. The van der Waals surface area contributed by atoms with Gasteiger partial charge in [-0.25, -0.2) is 8.42 Å². The summed E-state index contributed by atoms with van der Waals surface area (Å²) in [6, 6.07) is 5.13. The number of aliphatic hydroxyl groups excluding tert-OH is 1. The van der Waals surface area contributed by atoms with Crippen LogP contribution < -0.4 is 0 Å². The van der Waals surface area contributed by atoms with Gasteiger partial charge < -0.3 is 5.11 Å². The zero-order chi connectivity index (χ0) is 15.6. The lowest BCUT2D eigenvalue weighted by Crippen LogP contribution is -2.29. The van der Waals surface area contributed by atoms with Gasteiger partial charge in [0.25, 0.3) is 0 Å². The summed E-state index contributed by atoms with van der Waals surface area (Å²) in [7, 11) is -3.48. The van der Waals surface area contributed by atoms with E-state index in [0.717, 1.165) is 5.56 Å². The highest BCUT2D eigenvalue weighted by atomic mass is 32.2. The monoisotopic (exact) mass is 307 g/mol. The molecule has 0 aliphatic carbocycles. The molecule has 0 spiro atoms. The second-order valence-electron chi connectivity index (χ2n) is 5.72. The molecule has 0 aromatic heterocycles. The summed E-state index contributed by atoms with van der Waals surface area (Å²) < 4.78 is 27.2. The van der Waals surface area contributed by atoms with Crippen LogP contribution in [0.4, 0.5) is 0 Å². The fraction of sp³-hybridized carbons (Fsp3) is 0.500. The number of hydrogen-bond acceptors (Lipinski definition) is 3. The number of rotatable bonds is 2. The van der Waals surface area contributed by atoms with E-state index in [2.05, 4.69) is 25.7 Å². The molecule has 0 saturated carbocycles. The van der Waals surface area contributed by atoms with Crippen molar-refractivity contribution in [2.75, 3.05) is 19.7 Å². The van der Waals surface area contributed by atoms with Gasteiger partial charge in [0.05, 0.1) is 4.90 Å². The summed E-state index contributed by atoms with van der Waals surface area (Å²) in [6.45, 7) is 6.84. The van der Waals surface area contributed by atoms with Crippen LogP contribution in [0, 0.1) is 30.6 Å². The van der Waals surface area contributed by atoms with E-state index in [4.69, 9.17) is 5.11 Å². The molecule has 114 valence electrons. The zero-order valence-electron chi connectivity index (χ0n) is 12.6. The Labute approximate surface area is 126 Å². The van der Waals surface area contributed by atoms with E-state index in [-0.39, 0.29) is 6.61 Å². The van der Waals surface area contributed by atoms with Crippen LogP contribution in [0.2, 0.25) is 0 Å². The Morgan fingerprint density at radius 3 is 2.48 bits per heavy atom. The molecule has 1 fully saturated rings. The van der Waals surface area contributed by atoms with Crippen LogP contribution in [0.3, 0.4) is 0 Å². The Hall–Kier alpha value is -1.35. The van der Waals surface area contributed by atoms with E-state index < -0.39 is 10.0 Å². The number of hydrogen-bond donors (Lipinski definition) is 1. The van der Waals surface area contributed by atoms with E-state index in [0.29, 0.717) is 35.4 Å². The molecule has 2 atom stereocenters. The first kappa shape index (κ1) is 16.0. The molecule has 1 saturated heterocycles. The first-order valence-electron chi connectivity index (χ1n) is 7.06. The van der Waals surface area contributed by atoms with Gasteiger partial charge in [0.15, 0.2) is 0 Å². The van der Waals surface area contributed by atoms with Crippen molar-refractivity contribution in [1.29, 1.82) is 0 Å². The minimum absolute atomic E-state index is 0.239. The van der Waals surface area contributed by atoms with Gasteiger partial charge in [-0.05, 0) is 36.5 Å². The number of aryl methyl sites for hydroxylation is 1. The summed E-state index contributed by atoms with van der Waals surface area (Å²) >= 11 is 0. The third kappa shape index (κ3) is 3.29. The van der Waals surface area contributed by atoms with Crippen molar-refractivity contribution in [3.8, 4) is 11.8 Å². The second kappa shape index (κ2) is 6.18. The quantitative estimate of drug-likeness (QED) is 0.845. The zero-order valence-corrected chi connectivity index (χ0v) is 13.4. The van der Waals surface area contributed by atoms with Gasteiger partial charge in [-0.15, -0.1) is 0 Å². The summed E-state index contributed by atoms with van der Waals surface area (Å²) in [4.78, 5) is 0.313. The molecule has 1 aliphatic rings. The first-order valence-corrected chi connectivity index (χ1v) is 8.50. The predicted octanol–water partition coefficient (Wildman–Crippen LogP) is 1.62. The lowest BCUT2D eigenvalue weighted by atomic mass is 10.0. The molecule has 2 rings (SSSR count). The number of benzene rings is 1. The van der Waals surface area contributed by atoms with Gasteiger partial charge in [0.2, 0.25) is 10.0 Å². The fourth-order valence-electron chi connectivity index (χ4n) is 2.51. The van der Waals surface area contributed by atoms with Crippen LogP contribution in [0.1, 0.15) is 25.0 Å². The Morgan fingerprint density at radius 1 is 1.29 bits per heavy atom. The molecule has 1 heterocycles. The van der Waals surface area contributed by atoms with Gasteiger partial charge in [0, 0.05) is 18.7 Å². The SMILES string of the molecule is Cc1ccc(C#CCO)cc1S(=O)(=O)N1CC(C)C(C)C1. The highest BCUT2D eigenvalue weighted by Crippen LogP contribution is 2.29. The Morgan fingerprint density at radius 2 is 1.90 bits per heavy atom. The fourth-order valence-corrected chi connectivity index (χ4v) is 4.40. The molecule has 0 amide bonds. The molecule has 5 heteroatoms. The highest BCUT2D eigenvalue weighted by Gasteiger charge is 2.35. The molecule has 4 nitrogen and oxygen atoms in total. The highest BCUT2D eigenvalue weighted by molar-refractivity contribution is 7.89. The molecule has 0 bridgehead atoms. The first-order chi connectivity index (χ1) is 9.86. The van der Waals surface area contributed by atoms with Crippen molar-refractivity contribution in [3.05, 3.63) is 29.3 Å². The molecule has 1 aromatic carbocycles. The minimum Gasteiger partial charge on any atom is -0.384 e. The van der Waals surface area contributed by atoms with Gasteiger partial charge >= 0.3 is 0 Å². The maximum Gasteiger partial charge on any atom is 0.243 e. The summed E-state index contributed by atoms with van der Waals surface area (Å²) in [5.74, 6) is 6.05. The van der Waals surface area contributed by atoms with Crippen LogP contribution in [-0.2, 0) is 10.0 Å². The van der Waals surface area contributed by atoms with Crippen LogP contribution >= 0.6 is 0 Å². The van der Waals surface area contributed by atoms with Gasteiger partial charge in [-0.3, -0.25) is 0 Å². The Bertz CT molecular complexity index is 675. The van der Waals surface area contributed by atoms with Crippen molar-refractivity contribution >= 4 is 10.0 Å². The van der Waals surface area contributed by atoms with Crippen molar-refractivity contribution in [1.82, 2.24) is 4.31 Å². The van der Waals surface area contributed by atoms with Gasteiger partial charge in [-0.2, -0.15) is 4.31 Å². The lowest BCUT2D eigenvalue weighted by molar-refractivity contribution is 0.350. The van der Waals surface area contributed by atoms with Crippen molar-refractivity contribution in [2.45, 2.75) is 25.7 Å². The van der Waals surface area contributed by atoms with Crippen molar-refractivity contribution in [3.63, 3.8) is 0 Å². The Balaban J connectivity index is 2.40. The van der Waals surface area contributed by atoms with Crippen LogP contribution in [0.5, 0.6) is 0 Å². The maximum absolute atomic E-state index is 12.8. The number of nitrogens with zero attached hydrogens (tertiary/aromatic N) is 1. The molecular formula is C16H21NO3S. The van der Waals surface area contributed by atoms with E-state index >= 15 is 0 Å². The smallest absolute Gasteiger partial charge is 0.243 e. The van der Waals surface area contributed by atoms with Crippen molar-refractivity contribution < 1.29 is 13.5 Å². The average Bonchev–Trinajstić information content (AvgIpc) is 2.78. The van der Waals surface area contributed by atoms with E-state index in [1.165, 1.54) is 0 Å². The maximum atomic E-state index is 12.8. The third-order valence-electron chi connectivity index (χ3n) is 4.07. The second-order valence-corrected chi connectivity index (χ2v) is 7.62. The van der Waals surface area contributed by atoms with E-state index in [9.17, 15) is 8.42 Å². The van der Waals surface area contributed by atoms with Crippen LogP contribution in [-0.4, -0.2) is 37.5 Å². The number of aliphatic hydroxyl groups is 1. The molecule has 1 aliphatic heterocycles. The molecule has 1 aromatic rings. The lowest BCUT2D eigenvalue weighted by Gasteiger charge is -2.18. The van der Waals surface area contributed by atoms with Crippen LogP contribution in [0.15, 0.2) is 23.1 Å². The predicted molar refractivity (Wildman–Crippen MR) is 82.2 cm³/mol. The number of sulfonamides is 1. The topological polar surface area (TPSA) is 57.6 Å². The van der Waals surface area contributed by atoms with Gasteiger partial charge in [-0.1, -0.05) is 31.8 Å². The average molecular weight is 307 g/mol. The van der Waals surface area contributed by atoms with Gasteiger partial charge in [0.1, 0.15) is 6.61 Å². The third-order valence-corrected chi connectivity index (χ3v) is 6.05. The largest absolute Gasteiger partial charge is 0.384 e. The van der Waals surface area contributed by atoms with E-state index in [1.807, 2.05) is 0 Å². The normalized spacial score (nSPS) is 22.9. The summed E-state index contributed by atoms with van der Waals surface area (Å²) in [6.07, 6.45) is 0. The molecule has 21 heavy (non-hydrogen) atoms. The Kier molecular flexibility index (Phi) is 4.72. The molecular weight excluding hydrogens is 286 g/mol. The van der Waals surface area contributed by atoms with Crippen LogP contribution in [0.25, 0.3) is 0 Å². The van der Waals surface area contributed by atoms with Crippen molar-refractivity contribution in [2.24, 2.45) is 11.8 Å². The molecule has 1 N–H and O–H groups in total. The summed E-state index contributed by atoms with van der Waals surface area (Å²) in [5, 5.41) is 8.74. The molecule has 2 unspecified atom stereocenters. The molecule has 0 radical (unpaired) electrons.